The maximum Gasteiger partial charge on any atom is 0.321 e. The fourth-order valence-electron chi connectivity index (χ4n) is 5.05. The van der Waals surface area contributed by atoms with Crippen molar-refractivity contribution in [3.63, 3.8) is 0 Å². The number of rotatable bonds is 6. The van der Waals surface area contributed by atoms with Crippen molar-refractivity contribution in [3.8, 4) is 0 Å². The molecule has 2 heterocycles. The van der Waals surface area contributed by atoms with E-state index in [0.29, 0.717) is 49.4 Å². The van der Waals surface area contributed by atoms with Gasteiger partial charge in [0.1, 0.15) is 0 Å². The molecule has 170 valence electrons. The molecule has 2 aliphatic heterocycles. The van der Waals surface area contributed by atoms with Crippen molar-refractivity contribution < 1.29 is 14.3 Å². The number of carbonyl (C=O) groups excluding carboxylic acids is 2. The van der Waals surface area contributed by atoms with Crippen LogP contribution < -0.4 is 10.6 Å². The van der Waals surface area contributed by atoms with Crippen molar-refractivity contribution in [1.29, 1.82) is 0 Å². The van der Waals surface area contributed by atoms with E-state index in [-0.39, 0.29) is 24.1 Å². The topological polar surface area (TPSA) is 73.9 Å². The van der Waals surface area contributed by atoms with Gasteiger partial charge in [0.25, 0.3) is 0 Å². The third kappa shape index (κ3) is 5.90. The van der Waals surface area contributed by atoms with E-state index in [9.17, 15) is 9.59 Å². The zero-order valence-corrected chi connectivity index (χ0v) is 18.8. The maximum atomic E-state index is 13.2. The second-order valence-electron chi connectivity index (χ2n) is 8.83. The Morgan fingerprint density at radius 1 is 1.10 bits per heavy atom. The zero-order valence-electron chi connectivity index (χ0n) is 18.0. The predicted molar refractivity (Wildman–Crippen MR) is 121 cm³/mol. The number of nitrogens with one attached hydrogen (secondary N) is 2. The van der Waals surface area contributed by atoms with Crippen molar-refractivity contribution in [2.75, 3.05) is 44.6 Å². The van der Waals surface area contributed by atoms with E-state index >= 15 is 0 Å². The van der Waals surface area contributed by atoms with Gasteiger partial charge in [-0.25, -0.2) is 4.79 Å². The normalized spacial score (nSPS) is 23.6. The number of hydrogen-bond acceptors (Lipinski definition) is 4. The van der Waals surface area contributed by atoms with Crippen LogP contribution in [0.25, 0.3) is 0 Å². The fourth-order valence-corrected chi connectivity index (χ4v) is 5.24. The Labute approximate surface area is 189 Å². The summed E-state index contributed by atoms with van der Waals surface area (Å²) in [7, 11) is 0. The quantitative estimate of drug-likeness (QED) is 0.700. The number of hydrogen-bond donors (Lipinski definition) is 2. The molecule has 3 aliphatic rings. The summed E-state index contributed by atoms with van der Waals surface area (Å²) in [5.74, 6) is 0.524. The van der Waals surface area contributed by atoms with Gasteiger partial charge in [0.05, 0.1) is 12.1 Å². The van der Waals surface area contributed by atoms with Gasteiger partial charge >= 0.3 is 6.03 Å². The Hall–Kier alpha value is -1.83. The molecule has 0 unspecified atom stereocenters. The van der Waals surface area contributed by atoms with E-state index in [1.807, 2.05) is 17.0 Å². The first-order chi connectivity index (χ1) is 15.1. The van der Waals surface area contributed by atoms with Crippen LogP contribution in [0.3, 0.4) is 0 Å². The number of urea groups is 1. The first-order valence-corrected chi connectivity index (χ1v) is 11.9. The van der Waals surface area contributed by atoms with Gasteiger partial charge in [0.2, 0.25) is 5.91 Å². The summed E-state index contributed by atoms with van der Waals surface area (Å²) in [5.41, 5.74) is 0.692. The highest BCUT2D eigenvalue weighted by Crippen LogP contribution is 2.31. The standard InChI is InChI=1S/C23H33ClN4O3/c24-18-7-3-8-19(15-18)26-23(30)28-12-10-27(11-13-28)21(17-5-1-2-6-17)22(29)25-16-20-9-4-14-31-20/h3,7-8,15,17,20-21H,1-2,4-6,9-14,16H2,(H,25,29)(H,26,30)/t20-,21-/m1/s1. The van der Waals surface area contributed by atoms with E-state index in [4.69, 9.17) is 16.3 Å². The lowest BCUT2D eigenvalue weighted by atomic mass is 9.95. The number of amides is 3. The van der Waals surface area contributed by atoms with E-state index in [1.165, 1.54) is 12.8 Å². The first kappa shape index (κ1) is 22.4. The molecule has 1 saturated carbocycles. The van der Waals surface area contributed by atoms with Gasteiger partial charge in [-0.2, -0.15) is 0 Å². The van der Waals surface area contributed by atoms with E-state index in [2.05, 4.69) is 15.5 Å². The molecular weight excluding hydrogens is 416 g/mol. The van der Waals surface area contributed by atoms with E-state index < -0.39 is 0 Å². The number of piperazine rings is 1. The molecule has 2 saturated heterocycles. The highest BCUT2D eigenvalue weighted by molar-refractivity contribution is 6.30. The first-order valence-electron chi connectivity index (χ1n) is 11.5. The molecule has 1 aromatic rings. The van der Waals surface area contributed by atoms with Crippen LogP contribution in [0.2, 0.25) is 5.02 Å². The lowest BCUT2D eigenvalue weighted by molar-refractivity contribution is -0.129. The molecule has 0 aromatic heterocycles. The molecule has 3 fully saturated rings. The summed E-state index contributed by atoms with van der Waals surface area (Å²) in [6.07, 6.45) is 6.85. The summed E-state index contributed by atoms with van der Waals surface area (Å²) in [4.78, 5) is 29.9. The number of nitrogens with zero attached hydrogens (tertiary/aromatic N) is 2. The molecule has 0 bridgehead atoms. The van der Waals surface area contributed by atoms with Crippen molar-refractivity contribution in [3.05, 3.63) is 29.3 Å². The summed E-state index contributed by atoms with van der Waals surface area (Å²) >= 11 is 6.01. The monoisotopic (exact) mass is 448 g/mol. The van der Waals surface area contributed by atoms with Crippen LogP contribution in [-0.4, -0.2) is 73.2 Å². The van der Waals surface area contributed by atoms with Crippen LogP contribution in [0.5, 0.6) is 0 Å². The zero-order chi connectivity index (χ0) is 21.6. The highest BCUT2D eigenvalue weighted by Gasteiger charge is 2.37. The largest absolute Gasteiger partial charge is 0.376 e. The lowest BCUT2D eigenvalue weighted by Crippen LogP contribution is -2.58. The van der Waals surface area contributed by atoms with Gasteiger partial charge in [-0.3, -0.25) is 9.69 Å². The number of anilines is 1. The Bertz CT molecular complexity index is 757. The van der Waals surface area contributed by atoms with Gasteiger partial charge in [0, 0.05) is 50.0 Å². The van der Waals surface area contributed by atoms with Crippen LogP contribution in [0.15, 0.2) is 24.3 Å². The van der Waals surface area contributed by atoms with Gasteiger partial charge in [-0.15, -0.1) is 0 Å². The molecule has 3 amide bonds. The molecule has 8 heteroatoms. The van der Waals surface area contributed by atoms with Crippen molar-refractivity contribution in [2.45, 2.75) is 50.7 Å². The Balaban J connectivity index is 1.32. The molecule has 0 radical (unpaired) electrons. The highest BCUT2D eigenvalue weighted by atomic mass is 35.5. The lowest BCUT2D eigenvalue weighted by Gasteiger charge is -2.40. The molecule has 2 atom stereocenters. The smallest absolute Gasteiger partial charge is 0.321 e. The fraction of sp³-hybridized carbons (Fsp3) is 0.652. The minimum absolute atomic E-state index is 0.109. The number of carbonyl (C=O) groups is 2. The van der Waals surface area contributed by atoms with Gasteiger partial charge < -0.3 is 20.3 Å². The Morgan fingerprint density at radius 2 is 1.87 bits per heavy atom. The number of benzene rings is 1. The van der Waals surface area contributed by atoms with Gasteiger partial charge in [0.15, 0.2) is 0 Å². The molecule has 31 heavy (non-hydrogen) atoms. The van der Waals surface area contributed by atoms with Crippen LogP contribution in [0, 0.1) is 5.92 Å². The molecule has 1 aliphatic carbocycles. The van der Waals surface area contributed by atoms with Crippen LogP contribution >= 0.6 is 11.6 Å². The minimum Gasteiger partial charge on any atom is -0.376 e. The molecular formula is C23H33ClN4O3. The maximum absolute atomic E-state index is 13.2. The number of ether oxygens (including phenoxy) is 1. The van der Waals surface area contributed by atoms with E-state index in [0.717, 1.165) is 32.3 Å². The molecule has 4 rings (SSSR count). The summed E-state index contributed by atoms with van der Waals surface area (Å²) in [6, 6.07) is 6.93. The molecule has 7 nitrogen and oxygen atoms in total. The van der Waals surface area contributed by atoms with Crippen molar-refractivity contribution >= 4 is 29.2 Å². The minimum atomic E-state index is -0.123. The van der Waals surface area contributed by atoms with Crippen LogP contribution in [0.1, 0.15) is 38.5 Å². The van der Waals surface area contributed by atoms with Crippen LogP contribution in [-0.2, 0) is 9.53 Å². The predicted octanol–water partition coefficient (Wildman–Crippen LogP) is 3.34. The third-order valence-corrected chi connectivity index (χ3v) is 6.95. The van der Waals surface area contributed by atoms with Crippen molar-refractivity contribution in [2.24, 2.45) is 5.92 Å². The third-order valence-electron chi connectivity index (χ3n) is 6.71. The second-order valence-corrected chi connectivity index (χ2v) is 9.27. The molecule has 0 spiro atoms. The molecule has 2 N–H and O–H groups in total. The Kier molecular flexibility index (Phi) is 7.69. The average Bonchev–Trinajstić information content (AvgIpc) is 3.47. The summed E-state index contributed by atoms with van der Waals surface area (Å²) in [5, 5.41) is 6.67. The van der Waals surface area contributed by atoms with Gasteiger partial charge in [-0.1, -0.05) is 30.5 Å². The number of halogens is 1. The van der Waals surface area contributed by atoms with Crippen molar-refractivity contribution in [1.82, 2.24) is 15.1 Å². The van der Waals surface area contributed by atoms with Gasteiger partial charge in [-0.05, 0) is 49.8 Å². The second kappa shape index (κ2) is 10.7. The average molecular weight is 449 g/mol. The Morgan fingerprint density at radius 3 is 2.55 bits per heavy atom. The molecule has 1 aromatic carbocycles. The van der Waals surface area contributed by atoms with Crippen LogP contribution in [0.4, 0.5) is 10.5 Å². The SMILES string of the molecule is O=C(NC[C@H]1CCCO1)[C@@H](C1CCCC1)N1CCN(C(=O)Nc2cccc(Cl)c2)CC1. The van der Waals surface area contributed by atoms with E-state index in [1.54, 1.807) is 12.1 Å². The summed E-state index contributed by atoms with van der Waals surface area (Å²) < 4.78 is 5.66. The summed E-state index contributed by atoms with van der Waals surface area (Å²) in [6.45, 7) is 4.02.